The topological polar surface area (TPSA) is 0 Å². The fourth-order valence-corrected chi connectivity index (χ4v) is 3.23. The number of benzene rings is 1. The first kappa shape index (κ1) is 20.9. The van der Waals surface area contributed by atoms with Crippen LogP contribution in [0.3, 0.4) is 0 Å². The molecule has 0 aliphatic rings. The van der Waals surface area contributed by atoms with E-state index in [1.54, 1.807) is 18.2 Å². The second-order valence-electron chi connectivity index (χ2n) is 4.53. The van der Waals surface area contributed by atoms with Crippen LogP contribution < -0.4 is 0 Å². The van der Waals surface area contributed by atoms with Gasteiger partial charge in [0.1, 0.15) is 0 Å². The molecule has 1 aromatic carbocycles. The lowest BCUT2D eigenvalue weighted by Gasteiger charge is -2.18. The molecule has 1 aromatic rings. The van der Waals surface area contributed by atoms with Crippen molar-refractivity contribution in [3.63, 3.8) is 0 Å². The lowest BCUT2D eigenvalue weighted by molar-refractivity contribution is 0.948. The summed E-state index contributed by atoms with van der Waals surface area (Å²) < 4.78 is -4.30. The third-order valence-electron chi connectivity index (χ3n) is 2.33. The number of hydrogen-bond acceptors (Lipinski definition) is 0. The molecular weight excluding hydrogens is 463 g/mol. The third-order valence-corrected chi connectivity index (χ3v) is 3.53. The van der Waals surface area contributed by atoms with Crippen molar-refractivity contribution in [2.24, 2.45) is 0 Å². The summed E-state index contributed by atoms with van der Waals surface area (Å²) >= 11 is 52.3. The van der Waals surface area contributed by atoms with Crippen molar-refractivity contribution >= 4 is 104 Å². The van der Waals surface area contributed by atoms with Crippen molar-refractivity contribution in [3.05, 3.63) is 34.9 Å². The summed E-state index contributed by atoms with van der Waals surface area (Å²) in [5.74, 6) is 0. The van der Waals surface area contributed by atoms with E-state index in [1.165, 1.54) is 0 Å². The molecule has 0 atom stereocenters. The molecule has 0 nitrogen and oxygen atoms in total. The maximum absolute atomic E-state index is 5.81. The van der Waals surface area contributed by atoms with Crippen LogP contribution in [0.15, 0.2) is 18.2 Å². The van der Waals surface area contributed by atoms with Crippen molar-refractivity contribution in [1.82, 2.24) is 0 Å². The SMILES string of the molecule is ClC(Cl)(Cl)Cc1cc(CC(Cl)(Cl)Cl)cc(CC(Cl)(Cl)Cl)c1. The Labute approximate surface area is 168 Å². The van der Waals surface area contributed by atoms with Gasteiger partial charge in [0.05, 0.1) is 0 Å². The van der Waals surface area contributed by atoms with Crippen molar-refractivity contribution in [1.29, 1.82) is 0 Å². The highest BCUT2D eigenvalue weighted by molar-refractivity contribution is 6.68. The van der Waals surface area contributed by atoms with Gasteiger partial charge in [-0.2, -0.15) is 0 Å². The Morgan fingerprint density at radius 2 is 0.667 bits per heavy atom. The number of alkyl halides is 9. The normalized spacial score (nSPS) is 13.6. The number of hydrogen-bond donors (Lipinski definition) is 0. The van der Waals surface area contributed by atoms with Crippen LogP contribution >= 0.6 is 104 Å². The first-order valence-electron chi connectivity index (χ1n) is 5.55. The Bertz CT molecular complexity index is 395. The van der Waals surface area contributed by atoms with Crippen molar-refractivity contribution in [2.45, 2.75) is 30.6 Å². The summed E-state index contributed by atoms with van der Waals surface area (Å²) in [5.41, 5.74) is 2.27. The van der Waals surface area contributed by atoms with Gasteiger partial charge in [-0.15, -0.1) is 0 Å². The molecule has 120 valence electrons. The molecule has 0 saturated heterocycles. The van der Waals surface area contributed by atoms with Crippen molar-refractivity contribution < 1.29 is 0 Å². The fourth-order valence-electron chi connectivity index (χ4n) is 1.84. The largest absolute Gasteiger partial charge is 0.194 e. The molecule has 0 aliphatic heterocycles. The summed E-state index contributed by atoms with van der Waals surface area (Å²) in [6.45, 7) is 0. The molecule has 0 saturated carbocycles. The van der Waals surface area contributed by atoms with Gasteiger partial charge in [-0.05, 0) is 16.7 Å². The highest BCUT2D eigenvalue weighted by Gasteiger charge is 2.25. The van der Waals surface area contributed by atoms with Crippen LogP contribution in [-0.4, -0.2) is 11.4 Å². The van der Waals surface area contributed by atoms with Crippen LogP contribution in [0.25, 0.3) is 0 Å². The zero-order valence-electron chi connectivity index (χ0n) is 10.3. The summed E-state index contributed by atoms with van der Waals surface area (Å²) in [5, 5.41) is 0. The molecule has 1 rings (SSSR count). The molecule has 0 aliphatic carbocycles. The minimum Gasteiger partial charge on any atom is -0.0833 e. The van der Waals surface area contributed by atoms with Gasteiger partial charge in [-0.25, -0.2) is 0 Å². The molecule has 0 radical (unpaired) electrons. The van der Waals surface area contributed by atoms with Crippen molar-refractivity contribution in [3.8, 4) is 0 Å². The van der Waals surface area contributed by atoms with E-state index in [9.17, 15) is 0 Å². The monoisotopic (exact) mass is 468 g/mol. The molecular formula is C12H9Cl9. The van der Waals surface area contributed by atoms with Crippen LogP contribution in [0, 0.1) is 0 Å². The summed E-state index contributed by atoms with van der Waals surface area (Å²) in [4.78, 5) is 0. The van der Waals surface area contributed by atoms with Gasteiger partial charge in [-0.1, -0.05) is 123 Å². The summed E-state index contributed by atoms with van der Waals surface area (Å²) in [6, 6.07) is 5.39. The maximum Gasteiger partial charge on any atom is 0.194 e. The average Bonchev–Trinajstić information content (AvgIpc) is 2.06. The van der Waals surface area contributed by atoms with Gasteiger partial charge in [0.2, 0.25) is 0 Å². The molecule has 0 N–H and O–H groups in total. The van der Waals surface area contributed by atoms with E-state index < -0.39 is 11.4 Å². The molecule has 0 unspecified atom stereocenters. The van der Waals surface area contributed by atoms with E-state index in [2.05, 4.69) is 0 Å². The molecule has 0 heterocycles. The zero-order chi connectivity index (χ0) is 16.5. The summed E-state index contributed by atoms with van der Waals surface area (Å²) in [6.07, 6.45) is 0.578. The smallest absolute Gasteiger partial charge is 0.0833 e. The quantitative estimate of drug-likeness (QED) is 0.402. The van der Waals surface area contributed by atoms with Crippen molar-refractivity contribution in [2.75, 3.05) is 0 Å². The predicted molar refractivity (Wildman–Crippen MR) is 98.4 cm³/mol. The standard InChI is InChI=1S/C12H9Cl9/c13-10(14,15)4-7-1-8(5-11(16,17)18)3-9(2-7)6-12(19,20)21/h1-3H,4-6H2. The van der Waals surface area contributed by atoms with E-state index in [1.807, 2.05) is 0 Å². The first-order valence-corrected chi connectivity index (χ1v) is 8.96. The van der Waals surface area contributed by atoms with Gasteiger partial charge in [0.15, 0.2) is 11.4 Å². The van der Waals surface area contributed by atoms with Gasteiger partial charge in [0, 0.05) is 19.3 Å². The Hall–Kier alpha value is 1.83. The summed E-state index contributed by atoms with van der Waals surface area (Å²) in [7, 11) is 0. The number of halogens is 9. The fraction of sp³-hybridized carbons (Fsp3) is 0.500. The highest BCUT2D eigenvalue weighted by Crippen LogP contribution is 2.36. The number of rotatable bonds is 3. The van der Waals surface area contributed by atoms with E-state index in [0.29, 0.717) is 0 Å². The minimum atomic E-state index is -1.43. The lowest BCUT2D eigenvalue weighted by Crippen LogP contribution is -2.13. The molecule has 0 amide bonds. The third kappa shape index (κ3) is 10.3. The Balaban J connectivity index is 3.13. The van der Waals surface area contributed by atoms with E-state index >= 15 is 0 Å². The molecule has 0 fully saturated rings. The average molecular weight is 472 g/mol. The zero-order valence-corrected chi connectivity index (χ0v) is 17.1. The molecule has 9 heteroatoms. The molecule has 0 bridgehead atoms. The Morgan fingerprint density at radius 3 is 0.810 bits per heavy atom. The molecule has 0 spiro atoms. The lowest BCUT2D eigenvalue weighted by atomic mass is 10.0. The van der Waals surface area contributed by atoms with Crippen LogP contribution in [0.1, 0.15) is 16.7 Å². The second kappa shape index (κ2) is 7.81. The maximum atomic E-state index is 5.81. The molecule has 21 heavy (non-hydrogen) atoms. The predicted octanol–water partition coefficient (Wildman–Crippen LogP) is 7.42. The van der Waals surface area contributed by atoms with Crippen LogP contribution in [0.5, 0.6) is 0 Å². The van der Waals surface area contributed by atoms with Crippen LogP contribution in [-0.2, 0) is 19.3 Å². The van der Waals surface area contributed by atoms with E-state index in [0.717, 1.165) is 16.7 Å². The Kier molecular flexibility index (Phi) is 7.76. The Morgan fingerprint density at radius 1 is 0.476 bits per heavy atom. The first-order chi connectivity index (χ1) is 9.23. The highest BCUT2D eigenvalue weighted by atomic mass is 35.6. The van der Waals surface area contributed by atoms with Gasteiger partial charge >= 0.3 is 0 Å². The van der Waals surface area contributed by atoms with Gasteiger partial charge in [-0.3, -0.25) is 0 Å². The van der Waals surface area contributed by atoms with Crippen LogP contribution in [0.4, 0.5) is 0 Å². The van der Waals surface area contributed by atoms with Gasteiger partial charge < -0.3 is 0 Å². The minimum absolute atomic E-state index is 0.193. The van der Waals surface area contributed by atoms with E-state index in [-0.39, 0.29) is 19.3 Å². The molecule has 0 aromatic heterocycles. The second-order valence-corrected chi connectivity index (χ2v) is 12.1. The van der Waals surface area contributed by atoms with Gasteiger partial charge in [0.25, 0.3) is 0 Å². The van der Waals surface area contributed by atoms with E-state index in [4.69, 9.17) is 104 Å². The van der Waals surface area contributed by atoms with Crippen LogP contribution in [0.2, 0.25) is 0 Å².